The Morgan fingerprint density at radius 2 is 2.19 bits per heavy atom. The minimum absolute atomic E-state index is 0.102. The maximum Gasteiger partial charge on any atom is 0.251 e. The van der Waals surface area contributed by atoms with Crippen LogP contribution in [0.3, 0.4) is 0 Å². The zero-order valence-corrected chi connectivity index (χ0v) is 13.3. The standard InChI is InChI=1S/C14H22N4O2S/c1-3-4-11-9-12(19)17-14(16-11)21-10(2)13(20)18-7-5-15-6-8-18/h9-10,15H,3-8H2,1-2H3,(H,16,17,19). The second-order valence-electron chi connectivity index (χ2n) is 5.13. The number of amides is 1. The minimum atomic E-state index is -0.247. The number of aryl methyl sites for hydroxylation is 1. The van der Waals surface area contributed by atoms with Crippen LogP contribution in [0.4, 0.5) is 0 Å². The van der Waals surface area contributed by atoms with Gasteiger partial charge in [-0.05, 0) is 13.3 Å². The first-order valence-corrected chi connectivity index (χ1v) is 8.24. The molecular formula is C14H22N4O2S. The second kappa shape index (κ2) is 7.61. The molecule has 0 aliphatic carbocycles. The van der Waals surface area contributed by atoms with Crippen molar-refractivity contribution in [2.24, 2.45) is 0 Å². The van der Waals surface area contributed by atoms with Crippen LogP contribution >= 0.6 is 11.8 Å². The number of hydrogen-bond acceptors (Lipinski definition) is 5. The highest BCUT2D eigenvalue weighted by Crippen LogP contribution is 2.20. The van der Waals surface area contributed by atoms with Gasteiger partial charge in [-0.1, -0.05) is 25.1 Å². The summed E-state index contributed by atoms with van der Waals surface area (Å²) < 4.78 is 0. The van der Waals surface area contributed by atoms with Gasteiger partial charge in [0.25, 0.3) is 5.56 Å². The molecule has 6 nitrogen and oxygen atoms in total. The van der Waals surface area contributed by atoms with Crippen molar-refractivity contribution in [1.82, 2.24) is 20.2 Å². The van der Waals surface area contributed by atoms with E-state index in [0.717, 1.165) is 44.7 Å². The maximum atomic E-state index is 12.4. The van der Waals surface area contributed by atoms with Crippen LogP contribution in [0.2, 0.25) is 0 Å². The number of rotatable bonds is 5. The lowest BCUT2D eigenvalue weighted by Gasteiger charge is -2.29. The highest BCUT2D eigenvalue weighted by atomic mass is 32.2. The van der Waals surface area contributed by atoms with Crippen LogP contribution in [0.15, 0.2) is 16.0 Å². The van der Waals surface area contributed by atoms with Crippen molar-refractivity contribution >= 4 is 17.7 Å². The number of thioether (sulfide) groups is 1. The minimum Gasteiger partial charge on any atom is -0.339 e. The van der Waals surface area contributed by atoms with Crippen molar-refractivity contribution in [2.75, 3.05) is 26.2 Å². The molecule has 1 aliphatic heterocycles. The van der Waals surface area contributed by atoms with E-state index in [4.69, 9.17) is 0 Å². The molecule has 0 aromatic carbocycles. The molecule has 1 aliphatic rings. The Bertz CT molecular complexity index is 540. The van der Waals surface area contributed by atoms with Crippen LogP contribution in [-0.4, -0.2) is 52.2 Å². The number of aromatic amines is 1. The quantitative estimate of drug-likeness (QED) is 0.616. The Morgan fingerprint density at radius 3 is 2.86 bits per heavy atom. The Labute approximate surface area is 128 Å². The molecule has 2 heterocycles. The van der Waals surface area contributed by atoms with E-state index in [1.165, 1.54) is 17.8 Å². The third-order valence-electron chi connectivity index (χ3n) is 3.34. The average molecular weight is 310 g/mol. The molecule has 0 bridgehead atoms. The van der Waals surface area contributed by atoms with Crippen LogP contribution < -0.4 is 10.9 Å². The summed E-state index contributed by atoms with van der Waals surface area (Å²) in [6.07, 6.45) is 1.72. The number of carbonyl (C=O) groups is 1. The molecule has 1 amide bonds. The molecule has 1 unspecified atom stereocenters. The average Bonchev–Trinajstić information content (AvgIpc) is 2.47. The fourth-order valence-electron chi connectivity index (χ4n) is 2.28. The lowest BCUT2D eigenvalue weighted by molar-refractivity contribution is -0.130. The van der Waals surface area contributed by atoms with Crippen molar-refractivity contribution in [1.29, 1.82) is 0 Å². The van der Waals surface area contributed by atoms with E-state index < -0.39 is 0 Å². The van der Waals surface area contributed by atoms with Gasteiger partial charge in [0.15, 0.2) is 5.16 Å². The monoisotopic (exact) mass is 310 g/mol. The highest BCUT2D eigenvalue weighted by molar-refractivity contribution is 8.00. The fraction of sp³-hybridized carbons (Fsp3) is 0.643. The summed E-state index contributed by atoms with van der Waals surface area (Å²) in [7, 11) is 0. The predicted octanol–water partition coefficient (Wildman–Crippen LogP) is 0.635. The van der Waals surface area contributed by atoms with Gasteiger partial charge >= 0.3 is 0 Å². The zero-order chi connectivity index (χ0) is 15.2. The number of aromatic nitrogens is 2. The molecule has 7 heteroatoms. The highest BCUT2D eigenvalue weighted by Gasteiger charge is 2.23. The van der Waals surface area contributed by atoms with Crippen molar-refractivity contribution < 1.29 is 4.79 Å². The van der Waals surface area contributed by atoms with Crippen molar-refractivity contribution in [3.8, 4) is 0 Å². The Hall–Kier alpha value is -1.34. The first kappa shape index (κ1) is 16.0. The molecule has 116 valence electrons. The third-order valence-corrected chi connectivity index (χ3v) is 4.32. The van der Waals surface area contributed by atoms with Crippen molar-refractivity contribution in [3.63, 3.8) is 0 Å². The summed E-state index contributed by atoms with van der Waals surface area (Å²) in [6, 6.07) is 1.52. The molecular weight excluding hydrogens is 288 g/mol. The Kier molecular flexibility index (Phi) is 5.81. The Balaban J connectivity index is 2.02. The van der Waals surface area contributed by atoms with Gasteiger partial charge in [0, 0.05) is 37.9 Å². The zero-order valence-electron chi connectivity index (χ0n) is 12.5. The number of hydrogen-bond donors (Lipinski definition) is 2. The van der Waals surface area contributed by atoms with Crippen molar-refractivity contribution in [2.45, 2.75) is 37.1 Å². The van der Waals surface area contributed by atoms with E-state index in [0.29, 0.717) is 5.16 Å². The van der Waals surface area contributed by atoms with Gasteiger partial charge in [-0.15, -0.1) is 0 Å². The SMILES string of the molecule is CCCc1cc(=O)[nH]c(SC(C)C(=O)N2CCNCC2)n1. The fourth-order valence-corrected chi connectivity index (χ4v) is 3.20. The summed E-state index contributed by atoms with van der Waals surface area (Å²) in [4.78, 5) is 33.0. The van der Waals surface area contributed by atoms with E-state index >= 15 is 0 Å². The Morgan fingerprint density at radius 1 is 1.48 bits per heavy atom. The molecule has 0 saturated carbocycles. The maximum absolute atomic E-state index is 12.4. The summed E-state index contributed by atoms with van der Waals surface area (Å²) in [6.45, 7) is 7.06. The van der Waals surface area contributed by atoms with Crippen LogP contribution in [-0.2, 0) is 11.2 Å². The number of carbonyl (C=O) groups excluding carboxylic acids is 1. The van der Waals surface area contributed by atoms with E-state index in [2.05, 4.69) is 15.3 Å². The van der Waals surface area contributed by atoms with Gasteiger partial charge in [-0.25, -0.2) is 4.98 Å². The smallest absolute Gasteiger partial charge is 0.251 e. The van der Waals surface area contributed by atoms with E-state index in [9.17, 15) is 9.59 Å². The lowest BCUT2D eigenvalue weighted by Crippen LogP contribution is -2.48. The van der Waals surface area contributed by atoms with Gasteiger partial charge in [-0.3, -0.25) is 9.59 Å². The van der Waals surface area contributed by atoms with Gasteiger partial charge in [0.05, 0.1) is 5.25 Å². The van der Waals surface area contributed by atoms with Crippen LogP contribution in [0.1, 0.15) is 26.0 Å². The van der Waals surface area contributed by atoms with Crippen LogP contribution in [0.5, 0.6) is 0 Å². The predicted molar refractivity (Wildman–Crippen MR) is 83.6 cm³/mol. The normalized spacial score (nSPS) is 16.8. The third kappa shape index (κ3) is 4.57. The molecule has 2 N–H and O–H groups in total. The van der Waals surface area contributed by atoms with Gasteiger partial charge in [-0.2, -0.15) is 0 Å². The van der Waals surface area contributed by atoms with Gasteiger partial charge < -0.3 is 15.2 Å². The molecule has 1 fully saturated rings. The molecule has 2 rings (SSSR count). The number of H-pyrrole nitrogens is 1. The van der Waals surface area contributed by atoms with E-state index in [1.54, 1.807) is 0 Å². The second-order valence-corrected chi connectivity index (χ2v) is 6.46. The summed E-state index contributed by atoms with van der Waals surface area (Å²) in [5.41, 5.74) is 0.628. The lowest BCUT2D eigenvalue weighted by atomic mass is 10.2. The topological polar surface area (TPSA) is 78.1 Å². The summed E-state index contributed by atoms with van der Waals surface area (Å²) >= 11 is 1.32. The summed E-state index contributed by atoms with van der Waals surface area (Å²) in [5, 5.41) is 3.51. The number of nitrogens with one attached hydrogen (secondary N) is 2. The number of nitrogens with zero attached hydrogens (tertiary/aromatic N) is 2. The van der Waals surface area contributed by atoms with E-state index in [1.807, 2.05) is 18.7 Å². The molecule has 21 heavy (non-hydrogen) atoms. The molecule has 1 atom stereocenters. The molecule has 1 saturated heterocycles. The number of piperazine rings is 1. The first-order valence-electron chi connectivity index (χ1n) is 7.36. The molecule has 0 radical (unpaired) electrons. The molecule has 0 spiro atoms. The molecule has 1 aromatic rings. The first-order chi connectivity index (χ1) is 10.1. The van der Waals surface area contributed by atoms with Crippen molar-refractivity contribution in [3.05, 3.63) is 22.1 Å². The van der Waals surface area contributed by atoms with E-state index in [-0.39, 0.29) is 16.7 Å². The summed E-state index contributed by atoms with van der Waals surface area (Å²) in [5.74, 6) is 0.102. The van der Waals surface area contributed by atoms with Crippen LogP contribution in [0.25, 0.3) is 0 Å². The van der Waals surface area contributed by atoms with Gasteiger partial charge in [0.2, 0.25) is 5.91 Å². The largest absolute Gasteiger partial charge is 0.339 e. The van der Waals surface area contributed by atoms with Crippen LogP contribution in [0, 0.1) is 0 Å². The van der Waals surface area contributed by atoms with Gasteiger partial charge in [0.1, 0.15) is 0 Å². The molecule has 1 aromatic heterocycles.